The molecule has 1 nitrogen and oxygen atoms in total. The van der Waals surface area contributed by atoms with Gasteiger partial charge in [0.2, 0.25) is 0 Å². The van der Waals surface area contributed by atoms with Gasteiger partial charge in [0.05, 0.1) is 11.9 Å². The number of hydrogen-bond acceptors (Lipinski definition) is 1. The molecule has 0 saturated carbocycles. The van der Waals surface area contributed by atoms with Crippen LogP contribution in [0.25, 0.3) is 0 Å². The van der Waals surface area contributed by atoms with Gasteiger partial charge < -0.3 is 4.74 Å². The minimum Gasteiger partial charge on any atom is -0.497 e. The molecule has 0 aliphatic rings. The standard InChI is InChI=1S/C15H13BrFIO/c1-9-7-11(19-2)4-6-12(9)15(16)13-5-3-10(17)8-14(13)18/h3-8,15H,1-2H3. The van der Waals surface area contributed by atoms with Crippen molar-refractivity contribution in [2.75, 3.05) is 7.11 Å². The van der Waals surface area contributed by atoms with Crippen LogP contribution in [0.1, 0.15) is 21.5 Å². The van der Waals surface area contributed by atoms with E-state index in [4.69, 9.17) is 4.74 Å². The van der Waals surface area contributed by atoms with Crippen molar-refractivity contribution in [3.05, 3.63) is 62.5 Å². The first kappa shape index (κ1) is 14.8. The Morgan fingerprint density at radius 3 is 2.42 bits per heavy atom. The van der Waals surface area contributed by atoms with Crippen LogP contribution in [-0.4, -0.2) is 7.11 Å². The fourth-order valence-electron chi connectivity index (χ4n) is 1.93. The fraction of sp³-hybridized carbons (Fsp3) is 0.200. The lowest BCUT2D eigenvalue weighted by Crippen LogP contribution is -1.99. The summed E-state index contributed by atoms with van der Waals surface area (Å²) in [6, 6.07) is 10.8. The third kappa shape index (κ3) is 3.28. The topological polar surface area (TPSA) is 9.23 Å². The second-order valence-corrected chi connectivity index (χ2v) is 6.33. The van der Waals surface area contributed by atoms with Crippen molar-refractivity contribution in [2.24, 2.45) is 0 Å². The lowest BCUT2D eigenvalue weighted by Gasteiger charge is -2.16. The molecule has 0 heterocycles. The zero-order valence-corrected chi connectivity index (χ0v) is 14.3. The van der Waals surface area contributed by atoms with Crippen molar-refractivity contribution in [1.82, 2.24) is 0 Å². The van der Waals surface area contributed by atoms with E-state index in [-0.39, 0.29) is 10.6 Å². The van der Waals surface area contributed by atoms with E-state index in [1.54, 1.807) is 13.2 Å². The highest BCUT2D eigenvalue weighted by Gasteiger charge is 2.16. The molecule has 0 saturated heterocycles. The van der Waals surface area contributed by atoms with Crippen molar-refractivity contribution in [3.8, 4) is 5.75 Å². The summed E-state index contributed by atoms with van der Waals surface area (Å²) < 4.78 is 19.3. The Morgan fingerprint density at radius 1 is 1.16 bits per heavy atom. The lowest BCUT2D eigenvalue weighted by molar-refractivity contribution is 0.414. The fourth-order valence-corrected chi connectivity index (χ4v) is 4.06. The average Bonchev–Trinajstić information content (AvgIpc) is 2.37. The quantitative estimate of drug-likeness (QED) is 0.474. The summed E-state index contributed by atoms with van der Waals surface area (Å²) in [6.07, 6.45) is 0. The highest BCUT2D eigenvalue weighted by Crippen LogP contribution is 2.36. The maximum atomic E-state index is 13.2. The highest BCUT2D eigenvalue weighted by molar-refractivity contribution is 14.1. The van der Waals surface area contributed by atoms with E-state index in [0.717, 1.165) is 26.0 Å². The van der Waals surface area contributed by atoms with Crippen molar-refractivity contribution in [3.63, 3.8) is 0 Å². The molecule has 0 bridgehead atoms. The van der Waals surface area contributed by atoms with Gasteiger partial charge in [-0.05, 0) is 70.5 Å². The minimum atomic E-state index is -0.209. The first-order valence-corrected chi connectivity index (χ1v) is 7.76. The summed E-state index contributed by atoms with van der Waals surface area (Å²) in [7, 11) is 1.66. The maximum absolute atomic E-state index is 13.2. The molecule has 1 atom stereocenters. The molecule has 100 valence electrons. The van der Waals surface area contributed by atoms with Gasteiger partial charge in [-0.2, -0.15) is 0 Å². The van der Waals surface area contributed by atoms with E-state index < -0.39 is 0 Å². The van der Waals surface area contributed by atoms with Gasteiger partial charge in [-0.3, -0.25) is 0 Å². The van der Waals surface area contributed by atoms with E-state index in [9.17, 15) is 4.39 Å². The van der Waals surface area contributed by atoms with Crippen LogP contribution in [0.3, 0.4) is 0 Å². The molecule has 0 spiro atoms. The third-order valence-corrected chi connectivity index (χ3v) is 4.91. The number of hydrogen-bond donors (Lipinski definition) is 0. The van der Waals surface area contributed by atoms with E-state index in [1.165, 1.54) is 6.07 Å². The van der Waals surface area contributed by atoms with Gasteiger partial charge >= 0.3 is 0 Å². The number of aryl methyl sites for hydroxylation is 1. The Bertz CT molecular complexity index is 601. The molecule has 19 heavy (non-hydrogen) atoms. The second-order valence-electron chi connectivity index (χ2n) is 4.25. The molecule has 2 rings (SSSR count). The number of rotatable bonds is 3. The van der Waals surface area contributed by atoms with Crippen molar-refractivity contribution >= 4 is 38.5 Å². The van der Waals surface area contributed by atoms with Gasteiger partial charge in [0, 0.05) is 3.57 Å². The Labute approximate surface area is 134 Å². The SMILES string of the molecule is COc1ccc(C(Br)c2ccc(F)cc2I)c(C)c1. The number of ether oxygens (including phenoxy) is 1. The van der Waals surface area contributed by atoms with Gasteiger partial charge in [-0.1, -0.05) is 28.1 Å². The zero-order chi connectivity index (χ0) is 14.0. The largest absolute Gasteiger partial charge is 0.497 e. The summed E-state index contributed by atoms with van der Waals surface area (Å²) in [5.41, 5.74) is 3.36. The van der Waals surface area contributed by atoms with Crippen molar-refractivity contribution in [1.29, 1.82) is 0 Å². The molecule has 0 aromatic heterocycles. The molecule has 0 fully saturated rings. The first-order chi connectivity index (χ1) is 9.02. The predicted octanol–water partition coefficient (Wildman–Crippen LogP) is 5.23. The molecule has 0 aliphatic heterocycles. The third-order valence-electron chi connectivity index (χ3n) is 2.99. The number of benzene rings is 2. The first-order valence-electron chi connectivity index (χ1n) is 5.76. The maximum Gasteiger partial charge on any atom is 0.124 e. The molecule has 1 unspecified atom stereocenters. The van der Waals surface area contributed by atoms with Crippen LogP contribution < -0.4 is 4.74 Å². The predicted molar refractivity (Wildman–Crippen MR) is 87.6 cm³/mol. The number of alkyl halides is 1. The molecule has 0 radical (unpaired) electrons. The van der Waals surface area contributed by atoms with E-state index in [2.05, 4.69) is 38.5 Å². The summed E-state index contributed by atoms with van der Waals surface area (Å²) in [5.74, 6) is 0.633. The normalized spacial score (nSPS) is 12.3. The number of methoxy groups -OCH3 is 1. The molecule has 0 amide bonds. The summed E-state index contributed by atoms with van der Waals surface area (Å²) in [4.78, 5) is 0.0471. The second kappa shape index (κ2) is 6.22. The molecule has 0 N–H and O–H groups in total. The lowest BCUT2D eigenvalue weighted by atomic mass is 10.00. The average molecular weight is 435 g/mol. The van der Waals surface area contributed by atoms with E-state index >= 15 is 0 Å². The van der Waals surface area contributed by atoms with Gasteiger partial charge in [-0.15, -0.1) is 0 Å². The number of halogens is 3. The molecular formula is C15H13BrFIO. The van der Waals surface area contributed by atoms with Crippen LogP contribution in [0.2, 0.25) is 0 Å². The smallest absolute Gasteiger partial charge is 0.124 e. The summed E-state index contributed by atoms with van der Waals surface area (Å²) in [6.45, 7) is 2.04. The van der Waals surface area contributed by atoms with Gasteiger partial charge in [0.25, 0.3) is 0 Å². The van der Waals surface area contributed by atoms with Gasteiger partial charge in [-0.25, -0.2) is 4.39 Å². The monoisotopic (exact) mass is 434 g/mol. The Balaban J connectivity index is 2.41. The zero-order valence-electron chi connectivity index (χ0n) is 10.6. The van der Waals surface area contributed by atoms with E-state index in [0.29, 0.717) is 0 Å². The van der Waals surface area contributed by atoms with Crippen molar-refractivity contribution in [2.45, 2.75) is 11.8 Å². The molecule has 2 aromatic carbocycles. The van der Waals surface area contributed by atoms with Crippen LogP contribution >= 0.6 is 38.5 Å². The van der Waals surface area contributed by atoms with Gasteiger partial charge in [0.1, 0.15) is 11.6 Å². The summed E-state index contributed by atoms with van der Waals surface area (Å²) in [5, 5.41) is 0. The Morgan fingerprint density at radius 2 is 1.84 bits per heavy atom. The van der Waals surface area contributed by atoms with Crippen LogP contribution in [0, 0.1) is 16.3 Å². The minimum absolute atomic E-state index is 0.0471. The van der Waals surface area contributed by atoms with Crippen LogP contribution in [-0.2, 0) is 0 Å². The van der Waals surface area contributed by atoms with E-state index in [1.807, 2.05) is 31.2 Å². The summed E-state index contributed by atoms with van der Waals surface area (Å²) >= 11 is 5.86. The van der Waals surface area contributed by atoms with Gasteiger partial charge in [0.15, 0.2) is 0 Å². The molecule has 4 heteroatoms. The highest BCUT2D eigenvalue weighted by atomic mass is 127. The molecule has 0 aliphatic carbocycles. The Hall–Kier alpha value is -0.620. The molecular weight excluding hydrogens is 422 g/mol. The van der Waals surface area contributed by atoms with Crippen molar-refractivity contribution < 1.29 is 9.13 Å². The van der Waals surface area contributed by atoms with Crippen LogP contribution in [0.5, 0.6) is 5.75 Å². The van der Waals surface area contributed by atoms with Crippen LogP contribution in [0.4, 0.5) is 4.39 Å². The Kier molecular flexibility index (Phi) is 4.84. The molecule has 2 aromatic rings. The van der Waals surface area contributed by atoms with Crippen LogP contribution in [0.15, 0.2) is 36.4 Å².